The summed E-state index contributed by atoms with van der Waals surface area (Å²) in [4.78, 5) is 0. The van der Waals surface area contributed by atoms with Gasteiger partial charge in [0.2, 0.25) is 0 Å². The van der Waals surface area contributed by atoms with Gasteiger partial charge in [-0.05, 0) is 24.7 Å². The molecule has 1 aromatic carbocycles. The average Bonchev–Trinajstić information content (AvgIpc) is 2.21. The molecule has 13 heavy (non-hydrogen) atoms. The van der Waals surface area contributed by atoms with Gasteiger partial charge < -0.3 is 10.4 Å². The van der Waals surface area contributed by atoms with E-state index in [1.165, 1.54) is 0 Å². The van der Waals surface area contributed by atoms with Crippen LogP contribution in [-0.4, -0.2) is 18.8 Å². The van der Waals surface area contributed by atoms with Crippen molar-refractivity contribution in [2.24, 2.45) is 0 Å². The van der Waals surface area contributed by atoms with Crippen molar-refractivity contribution in [3.05, 3.63) is 35.4 Å². The minimum atomic E-state index is -0.0484. The average molecular weight is 176 g/mol. The highest BCUT2D eigenvalue weighted by Gasteiger charge is 2.06. The lowest BCUT2D eigenvalue weighted by molar-refractivity contribution is 0.251. The summed E-state index contributed by atoms with van der Waals surface area (Å²) in [7, 11) is 1.79. The van der Waals surface area contributed by atoms with Crippen LogP contribution in [0.3, 0.4) is 0 Å². The Kier molecular flexibility index (Phi) is 3.44. The number of hydrogen-bond acceptors (Lipinski definition) is 3. The zero-order chi connectivity index (χ0) is 9.68. The number of nitrogens with one attached hydrogen (secondary N) is 1. The molecule has 0 aliphatic carbocycles. The molecule has 1 atom stereocenters. The van der Waals surface area contributed by atoms with E-state index >= 15 is 0 Å². The van der Waals surface area contributed by atoms with E-state index < -0.39 is 0 Å². The van der Waals surface area contributed by atoms with Crippen LogP contribution in [0.5, 0.6) is 0 Å². The molecule has 0 amide bonds. The van der Waals surface area contributed by atoms with Gasteiger partial charge in [0.25, 0.3) is 0 Å². The fourth-order valence-electron chi connectivity index (χ4n) is 1.15. The monoisotopic (exact) mass is 176 g/mol. The van der Waals surface area contributed by atoms with Crippen LogP contribution < -0.4 is 5.32 Å². The molecule has 0 aliphatic rings. The Morgan fingerprint density at radius 2 is 2.08 bits per heavy atom. The first kappa shape index (κ1) is 9.72. The lowest BCUT2D eigenvalue weighted by Gasteiger charge is -2.12. The maximum absolute atomic E-state index is 8.98. The number of hydrogen-bond donors (Lipinski definition) is 2. The standard InChI is InChI=1S/C10H12N2O/c1-12-10(7-13)9-4-2-8(6-11)3-5-9/h2-5,10,12-13H,7H2,1H3/t10-/m1/s1. The van der Waals surface area contributed by atoms with Crippen LogP contribution in [0.25, 0.3) is 0 Å². The molecule has 1 rings (SSSR count). The van der Waals surface area contributed by atoms with Crippen LogP contribution in [0.4, 0.5) is 0 Å². The minimum Gasteiger partial charge on any atom is -0.394 e. The Balaban J connectivity index is 2.85. The number of aliphatic hydroxyl groups is 1. The quantitative estimate of drug-likeness (QED) is 0.716. The minimum absolute atomic E-state index is 0.0484. The van der Waals surface area contributed by atoms with E-state index in [1.54, 1.807) is 19.2 Å². The molecule has 0 saturated carbocycles. The molecular weight excluding hydrogens is 164 g/mol. The number of likely N-dealkylation sites (N-methyl/N-ethyl adjacent to an activating group) is 1. The molecule has 0 spiro atoms. The second-order valence-electron chi connectivity index (χ2n) is 2.76. The third-order valence-electron chi connectivity index (χ3n) is 1.97. The molecule has 2 N–H and O–H groups in total. The Morgan fingerprint density at radius 3 is 2.46 bits per heavy atom. The zero-order valence-corrected chi connectivity index (χ0v) is 7.49. The van der Waals surface area contributed by atoms with E-state index in [0.29, 0.717) is 5.56 Å². The van der Waals surface area contributed by atoms with Crippen molar-refractivity contribution < 1.29 is 5.11 Å². The third kappa shape index (κ3) is 2.28. The molecule has 0 radical (unpaired) electrons. The molecule has 0 bridgehead atoms. The van der Waals surface area contributed by atoms with E-state index in [1.807, 2.05) is 18.2 Å². The summed E-state index contributed by atoms with van der Waals surface area (Å²) in [5.74, 6) is 0. The Bertz CT molecular complexity index is 296. The highest BCUT2D eigenvalue weighted by atomic mass is 16.3. The molecule has 0 saturated heterocycles. The summed E-state index contributed by atoms with van der Waals surface area (Å²) in [6.45, 7) is 0.0579. The smallest absolute Gasteiger partial charge is 0.0991 e. The molecule has 3 heteroatoms. The number of aliphatic hydroxyl groups excluding tert-OH is 1. The lowest BCUT2D eigenvalue weighted by atomic mass is 10.1. The number of nitriles is 1. The normalized spacial score (nSPS) is 12.1. The maximum atomic E-state index is 8.98. The van der Waals surface area contributed by atoms with Crippen LogP contribution in [0.15, 0.2) is 24.3 Å². The summed E-state index contributed by atoms with van der Waals surface area (Å²) < 4.78 is 0. The van der Waals surface area contributed by atoms with Gasteiger partial charge in [-0.25, -0.2) is 0 Å². The summed E-state index contributed by atoms with van der Waals surface area (Å²) in [5.41, 5.74) is 1.63. The third-order valence-corrected chi connectivity index (χ3v) is 1.97. The van der Waals surface area contributed by atoms with Crippen LogP contribution in [-0.2, 0) is 0 Å². The summed E-state index contributed by atoms with van der Waals surface area (Å²) >= 11 is 0. The molecular formula is C10H12N2O. The predicted octanol–water partition coefficient (Wildman–Crippen LogP) is 0.811. The van der Waals surface area contributed by atoms with Gasteiger partial charge in [0.15, 0.2) is 0 Å². The van der Waals surface area contributed by atoms with Gasteiger partial charge in [-0.3, -0.25) is 0 Å². The van der Waals surface area contributed by atoms with Crippen LogP contribution in [0, 0.1) is 11.3 Å². The van der Waals surface area contributed by atoms with Gasteiger partial charge in [0, 0.05) is 0 Å². The second kappa shape index (κ2) is 4.61. The van der Waals surface area contributed by atoms with Crippen molar-refractivity contribution in [2.75, 3.05) is 13.7 Å². The van der Waals surface area contributed by atoms with Crippen molar-refractivity contribution in [3.8, 4) is 6.07 Å². The Labute approximate surface area is 77.6 Å². The van der Waals surface area contributed by atoms with E-state index in [2.05, 4.69) is 5.32 Å². The second-order valence-corrected chi connectivity index (χ2v) is 2.76. The molecule has 0 fully saturated rings. The highest BCUT2D eigenvalue weighted by molar-refractivity contribution is 5.32. The van der Waals surface area contributed by atoms with Gasteiger partial charge in [-0.15, -0.1) is 0 Å². The van der Waals surface area contributed by atoms with Crippen molar-refractivity contribution >= 4 is 0 Å². The van der Waals surface area contributed by atoms with Gasteiger partial charge in [-0.1, -0.05) is 12.1 Å². The molecule has 0 aromatic heterocycles. The first-order valence-electron chi connectivity index (χ1n) is 4.10. The first-order valence-corrected chi connectivity index (χ1v) is 4.10. The fourth-order valence-corrected chi connectivity index (χ4v) is 1.15. The molecule has 1 aromatic rings. The van der Waals surface area contributed by atoms with Gasteiger partial charge in [0.1, 0.15) is 0 Å². The Hall–Kier alpha value is -1.37. The summed E-state index contributed by atoms with van der Waals surface area (Å²) in [5, 5.41) is 20.5. The summed E-state index contributed by atoms with van der Waals surface area (Å²) in [6, 6.07) is 9.17. The van der Waals surface area contributed by atoms with Crippen molar-refractivity contribution in [1.29, 1.82) is 5.26 Å². The van der Waals surface area contributed by atoms with E-state index in [-0.39, 0.29) is 12.6 Å². The zero-order valence-electron chi connectivity index (χ0n) is 7.49. The van der Waals surface area contributed by atoms with Crippen molar-refractivity contribution in [1.82, 2.24) is 5.32 Å². The van der Waals surface area contributed by atoms with Crippen LogP contribution in [0.1, 0.15) is 17.2 Å². The molecule has 3 nitrogen and oxygen atoms in total. The fraction of sp³-hybridized carbons (Fsp3) is 0.300. The highest BCUT2D eigenvalue weighted by Crippen LogP contribution is 2.12. The van der Waals surface area contributed by atoms with E-state index in [9.17, 15) is 0 Å². The number of benzene rings is 1. The van der Waals surface area contributed by atoms with Gasteiger partial charge in [0.05, 0.1) is 24.3 Å². The first-order chi connectivity index (χ1) is 6.31. The van der Waals surface area contributed by atoms with Crippen molar-refractivity contribution in [3.63, 3.8) is 0 Å². The van der Waals surface area contributed by atoms with Crippen LogP contribution in [0.2, 0.25) is 0 Å². The van der Waals surface area contributed by atoms with Gasteiger partial charge >= 0.3 is 0 Å². The summed E-state index contributed by atoms with van der Waals surface area (Å²) in [6.07, 6.45) is 0. The molecule has 0 aliphatic heterocycles. The maximum Gasteiger partial charge on any atom is 0.0991 e. The number of rotatable bonds is 3. The van der Waals surface area contributed by atoms with E-state index in [4.69, 9.17) is 10.4 Å². The molecule has 68 valence electrons. The Morgan fingerprint density at radius 1 is 1.46 bits per heavy atom. The molecule has 0 unspecified atom stereocenters. The van der Waals surface area contributed by atoms with Crippen molar-refractivity contribution in [2.45, 2.75) is 6.04 Å². The largest absolute Gasteiger partial charge is 0.394 e. The SMILES string of the molecule is CN[C@H](CO)c1ccc(C#N)cc1. The number of nitrogens with zero attached hydrogens (tertiary/aromatic N) is 1. The lowest BCUT2D eigenvalue weighted by Crippen LogP contribution is -2.19. The van der Waals surface area contributed by atoms with E-state index in [0.717, 1.165) is 5.56 Å². The topological polar surface area (TPSA) is 56.0 Å². The van der Waals surface area contributed by atoms with Crippen LogP contribution >= 0.6 is 0 Å². The van der Waals surface area contributed by atoms with Gasteiger partial charge in [-0.2, -0.15) is 5.26 Å². The molecule has 0 heterocycles. The predicted molar refractivity (Wildman–Crippen MR) is 50.0 cm³/mol.